The van der Waals surface area contributed by atoms with Gasteiger partial charge in [-0.15, -0.1) is 0 Å². The Morgan fingerprint density at radius 2 is 2.33 bits per heavy atom. The zero-order valence-electron chi connectivity index (χ0n) is 10.5. The molecular weight excluding hydrogens is 250 g/mol. The number of hydrogen-bond donors (Lipinski definition) is 1. The average molecular weight is 268 g/mol. The van der Waals surface area contributed by atoms with Crippen LogP contribution in [0.3, 0.4) is 0 Å². The summed E-state index contributed by atoms with van der Waals surface area (Å²) < 4.78 is 1.55. The molecule has 2 atom stereocenters. The second kappa shape index (κ2) is 4.57. The molecule has 1 heterocycles. The number of nitrogens with one attached hydrogen (secondary N) is 1. The lowest BCUT2D eigenvalue weighted by molar-refractivity contribution is 0.534. The maximum absolute atomic E-state index is 12.3. The highest BCUT2D eigenvalue weighted by molar-refractivity contribution is 6.33. The Bertz CT molecular complexity index is 509. The largest absolute Gasteiger partial charge is 0.376 e. The third kappa shape index (κ3) is 2.39. The van der Waals surface area contributed by atoms with E-state index in [0.717, 1.165) is 19.4 Å². The highest BCUT2D eigenvalue weighted by atomic mass is 35.5. The lowest BCUT2D eigenvalue weighted by atomic mass is 10.3. The number of hydrogen-bond acceptors (Lipinski definition) is 3. The van der Waals surface area contributed by atoms with Gasteiger partial charge in [-0.2, -0.15) is 5.10 Å². The number of halogens is 1. The quantitative estimate of drug-likeness (QED) is 0.892. The van der Waals surface area contributed by atoms with E-state index in [0.29, 0.717) is 28.6 Å². The van der Waals surface area contributed by atoms with Crippen LogP contribution in [0.15, 0.2) is 11.0 Å². The Balaban J connectivity index is 1.80. The maximum Gasteiger partial charge on any atom is 0.291 e. The molecule has 0 spiro atoms. The molecule has 0 amide bonds. The third-order valence-corrected chi connectivity index (χ3v) is 4.19. The van der Waals surface area contributed by atoms with Gasteiger partial charge < -0.3 is 5.32 Å². The molecule has 2 aliphatic rings. The minimum atomic E-state index is -0.0730. The van der Waals surface area contributed by atoms with Crippen LogP contribution in [0.5, 0.6) is 0 Å². The normalized spacial score (nSPS) is 26.1. The summed E-state index contributed by atoms with van der Waals surface area (Å²) in [5.41, 5.74) is 0.462. The standard InChI is InChI=1S/C13H18ClN3O/c1-2-9-5-11(9)16-12-10(14)6-15-17(13(12)18)7-8-3-4-8/h6,8-9,11,16H,2-5,7H2,1H3. The smallest absolute Gasteiger partial charge is 0.291 e. The van der Waals surface area contributed by atoms with E-state index >= 15 is 0 Å². The first-order valence-corrected chi connectivity index (χ1v) is 7.09. The Hall–Kier alpha value is -1.03. The molecule has 1 aromatic rings. The van der Waals surface area contributed by atoms with Gasteiger partial charge in [0.25, 0.3) is 5.56 Å². The summed E-state index contributed by atoms with van der Waals surface area (Å²) in [7, 11) is 0. The molecule has 3 rings (SSSR count). The molecule has 4 nitrogen and oxygen atoms in total. The monoisotopic (exact) mass is 267 g/mol. The van der Waals surface area contributed by atoms with Gasteiger partial charge in [-0.1, -0.05) is 24.9 Å². The maximum atomic E-state index is 12.3. The zero-order chi connectivity index (χ0) is 12.7. The summed E-state index contributed by atoms with van der Waals surface area (Å²) in [4.78, 5) is 12.3. The molecule has 2 saturated carbocycles. The molecule has 0 radical (unpaired) electrons. The molecule has 2 unspecified atom stereocenters. The van der Waals surface area contributed by atoms with E-state index in [4.69, 9.17) is 11.6 Å². The SMILES string of the molecule is CCC1CC1Nc1c(Cl)cnn(CC2CC2)c1=O. The van der Waals surface area contributed by atoms with Crippen molar-refractivity contribution in [1.82, 2.24) is 9.78 Å². The van der Waals surface area contributed by atoms with E-state index in [9.17, 15) is 4.79 Å². The van der Waals surface area contributed by atoms with Crippen LogP contribution >= 0.6 is 11.6 Å². The first-order valence-electron chi connectivity index (χ1n) is 6.71. The lowest BCUT2D eigenvalue weighted by Crippen LogP contribution is -2.27. The summed E-state index contributed by atoms with van der Waals surface area (Å²) in [6, 6.07) is 0.414. The van der Waals surface area contributed by atoms with Crippen LogP contribution in [0.4, 0.5) is 5.69 Å². The lowest BCUT2D eigenvalue weighted by Gasteiger charge is -2.10. The second-order valence-corrected chi connectivity index (χ2v) is 5.86. The van der Waals surface area contributed by atoms with E-state index in [1.807, 2.05) is 0 Å². The number of nitrogens with zero attached hydrogens (tertiary/aromatic N) is 2. The first kappa shape index (κ1) is 12.0. The Morgan fingerprint density at radius 1 is 1.56 bits per heavy atom. The van der Waals surface area contributed by atoms with Crippen LogP contribution in [0.25, 0.3) is 0 Å². The van der Waals surface area contributed by atoms with Crippen molar-refractivity contribution in [2.75, 3.05) is 5.32 Å². The van der Waals surface area contributed by atoms with Crippen LogP contribution < -0.4 is 10.9 Å². The minimum absolute atomic E-state index is 0.0730. The molecule has 0 aliphatic heterocycles. The van der Waals surface area contributed by atoms with Gasteiger partial charge in [0.2, 0.25) is 0 Å². The summed E-state index contributed by atoms with van der Waals surface area (Å²) in [6.07, 6.45) is 6.28. The first-order chi connectivity index (χ1) is 8.69. The van der Waals surface area contributed by atoms with Crippen LogP contribution in [0.2, 0.25) is 5.02 Å². The number of aromatic nitrogens is 2. The highest BCUT2D eigenvalue weighted by Gasteiger charge is 2.36. The molecule has 1 N–H and O–H groups in total. The van der Waals surface area contributed by atoms with E-state index in [1.54, 1.807) is 10.9 Å². The second-order valence-electron chi connectivity index (χ2n) is 5.45. The van der Waals surface area contributed by atoms with Crippen molar-refractivity contribution in [2.45, 2.75) is 45.2 Å². The molecule has 98 valence electrons. The number of rotatable bonds is 5. The molecule has 0 bridgehead atoms. The molecule has 0 aromatic carbocycles. The average Bonchev–Trinajstić information content (AvgIpc) is 3.23. The predicted molar refractivity (Wildman–Crippen MR) is 72.0 cm³/mol. The van der Waals surface area contributed by atoms with Crippen LogP contribution in [0.1, 0.15) is 32.6 Å². The molecule has 2 fully saturated rings. The fraction of sp³-hybridized carbons (Fsp3) is 0.692. The van der Waals surface area contributed by atoms with E-state index in [2.05, 4.69) is 17.3 Å². The highest BCUT2D eigenvalue weighted by Crippen LogP contribution is 2.36. The van der Waals surface area contributed by atoms with Crippen molar-refractivity contribution >= 4 is 17.3 Å². The molecule has 5 heteroatoms. The fourth-order valence-corrected chi connectivity index (χ4v) is 2.51. The molecule has 18 heavy (non-hydrogen) atoms. The van der Waals surface area contributed by atoms with Crippen LogP contribution in [-0.4, -0.2) is 15.8 Å². The molecule has 2 aliphatic carbocycles. The van der Waals surface area contributed by atoms with E-state index in [1.165, 1.54) is 12.8 Å². The van der Waals surface area contributed by atoms with Gasteiger partial charge in [0, 0.05) is 12.6 Å². The van der Waals surface area contributed by atoms with Gasteiger partial charge >= 0.3 is 0 Å². The van der Waals surface area contributed by atoms with Gasteiger partial charge in [0.15, 0.2) is 0 Å². The van der Waals surface area contributed by atoms with Crippen molar-refractivity contribution in [3.05, 3.63) is 21.6 Å². The van der Waals surface area contributed by atoms with Gasteiger partial charge in [-0.25, -0.2) is 4.68 Å². The Morgan fingerprint density at radius 3 is 2.94 bits per heavy atom. The summed E-state index contributed by atoms with van der Waals surface area (Å²) in [5, 5.41) is 7.84. The van der Waals surface area contributed by atoms with Crippen molar-refractivity contribution in [1.29, 1.82) is 0 Å². The van der Waals surface area contributed by atoms with Gasteiger partial charge in [0.05, 0.1) is 11.2 Å². The fourth-order valence-electron chi connectivity index (χ4n) is 2.34. The van der Waals surface area contributed by atoms with Crippen molar-refractivity contribution in [3.8, 4) is 0 Å². The minimum Gasteiger partial charge on any atom is -0.376 e. The van der Waals surface area contributed by atoms with Crippen molar-refractivity contribution in [2.24, 2.45) is 11.8 Å². The Labute approximate surface area is 111 Å². The van der Waals surface area contributed by atoms with Crippen molar-refractivity contribution in [3.63, 3.8) is 0 Å². The zero-order valence-corrected chi connectivity index (χ0v) is 11.3. The van der Waals surface area contributed by atoms with Gasteiger partial charge in [-0.05, 0) is 31.1 Å². The van der Waals surface area contributed by atoms with E-state index in [-0.39, 0.29) is 5.56 Å². The topological polar surface area (TPSA) is 46.9 Å². The van der Waals surface area contributed by atoms with Crippen LogP contribution in [-0.2, 0) is 6.54 Å². The summed E-state index contributed by atoms with van der Waals surface area (Å²) in [6.45, 7) is 2.90. The predicted octanol–water partition coefficient (Wildman–Crippen LogP) is 2.52. The van der Waals surface area contributed by atoms with Crippen molar-refractivity contribution < 1.29 is 0 Å². The summed E-state index contributed by atoms with van der Waals surface area (Å²) >= 11 is 6.08. The van der Waals surface area contributed by atoms with Crippen LogP contribution in [0, 0.1) is 11.8 Å². The molecular formula is C13H18ClN3O. The van der Waals surface area contributed by atoms with Gasteiger partial charge in [-0.3, -0.25) is 4.79 Å². The molecule has 0 saturated heterocycles. The van der Waals surface area contributed by atoms with E-state index < -0.39 is 0 Å². The molecule has 1 aromatic heterocycles. The summed E-state index contributed by atoms with van der Waals surface area (Å²) in [5.74, 6) is 1.32. The third-order valence-electron chi connectivity index (χ3n) is 3.90. The number of anilines is 1. The van der Waals surface area contributed by atoms with Gasteiger partial charge in [0.1, 0.15) is 5.69 Å². The Kier molecular flexibility index (Phi) is 3.06.